The van der Waals surface area contributed by atoms with Crippen molar-refractivity contribution in [2.75, 3.05) is 0 Å². The van der Waals surface area contributed by atoms with E-state index in [1.54, 1.807) is 13.0 Å². The molecule has 2 aromatic rings. The highest BCUT2D eigenvalue weighted by atomic mass is 28.4. The first-order valence-corrected chi connectivity index (χ1v) is 9.39. The van der Waals surface area contributed by atoms with Crippen molar-refractivity contribution in [3.8, 4) is 11.8 Å². The Hall–Kier alpha value is -2.06. The number of hydrogen-bond acceptors (Lipinski definition) is 4. The van der Waals surface area contributed by atoms with Crippen LogP contribution in [-0.4, -0.2) is 8.32 Å². The van der Waals surface area contributed by atoms with Gasteiger partial charge in [0.15, 0.2) is 0 Å². The van der Waals surface area contributed by atoms with Crippen molar-refractivity contribution in [2.24, 2.45) is 0 Å². The van der Waals surface area contributed by atoms with Crippen molar-refractivity contribution in [1.29, 1.82) is 5.26 Å². The number of rotatable bonds is 2. The van der Waals surface area contributed by atoms with Crippen LogP contribution in [0.25, 0.3) is 11.0 Å². The van der Waals surface area contributed by atoms with E-state index in [1.165, 1.54) is 0 Å². The molecule has 0 unspecified atom stereocenters. The van der Waals surface area contributed by atoms with Crippen LogP contribution in [0.15, 0.2) is 27.4 Å². The van der Waals surface area contributed by atoms with Crippen molar-refractivity contribution >= 4 is 19.3 Å². The van der Waals surface area contributed by atoms with Crippen LogP contribution in [0.2, 0.25) is 19.6 Å². The summed E-state index contributed by atoms with van der Waals surface area (Å²) in [5.74, 6) is 0.693. The topological polar surface area (TPSA) is 63.2 Å². The van der Waals surface area contributed by atoms with E-state index in [9.17, 15) is 4.79 Å². The smallest absolute Gasteiger partial charge is 0.354 e. The highest BCUT2D eigenvalue weighted by Crippen LogP contribution is 2.25. The summed E-state index contributed by atoms with van der Waals surface area (Å²) in [4.78, 5) is 11.7. The molecule has 5 heteroatoms. The third kappa shape index (κ3) is 2.69. The zero-order valence-electron chi connectivity index (χ0n) is 11.4. The molecule has 0 bridgehead atoms. The molecule has 1 aromatic carbocycles. The van der Waals surface area contributed by atoms with Crippen molar-refractivity contribution in [3.63, 3.8) is 0 Å². The van der Waals surface area contributed by atoms with Crippen LogP contribution in [0.4, 0.5) is 0 Å². The zero-order valence-corrected chi connectivity index (χ0v) is 12.4. The maximum Gasteiger partial charge on any atom is 0.354 e. The van der Waals surface area contributed by atoms with Gasteiger partial charge in [0.2, 0.25) is 8.32 Å². The minimum absolute atomic E-state index is 0.0614. The van der Waals surface area contributed by atoms with Gasteiger partial charge in [0, 0.05) is 11.5 Å². The second-order valence-electron chi connectivity index (χ2n) is 5.37. The summed E-state index contributed by atoms with van der Waals surface area (Å²) in [5.41, 5.74) is 0.564. The highest BCUT2D eigenvalue weighted by molar-refractivity contribution is 6.70. The van der Waals surface area contributed by atoms with Gasteiger partial charge in [-0.05, 0) is 44.3 Å². The predicted octanol–water partition coefficient (Wildman–Crippen LogP) is 3.19. The highest BCUT2D eigenvalue weighted by Gasteiger charge is 2.17. The molecule has 19 heavy (non-hydrogen) atoms. The average molecular weight is 273 g/mol. The van der Waals surface area contributed by atoms with Gasteiger partial charge in [0.1, 0.15) is 23.0 Å². The molecule has 0 saturated carbocycles. The fourth-order valence-corrected chi connectivity index (χ4v) is 2.72. The fourth-order valence-electron chi connectivity index (χ4n) is 1.88. The molecule has 0 spiro atoms. The number of fused-ring (bicyclic) bond motifs is 1. The first-order valence-electron chi connectivity index (χ1n) is 5.98. The van der Waals surface area contributed by atoms with Crippen LogP contribution in [0.5, 0.6) is 5.75 Å². The Labute approximate surface area is 112 Å². The minimum Gasteiger partial charge on any atom is -0.544 e. The number of nitrogens with zero attached hydrogens (tertiary/aromatic N) is 1. The van der Waals surface area contributed by atoms with Gasteiger partial charge in [-0.15, -0.1) is 0 Å². The van der Waals surface area contributed by atoms with Gasteiger partial charge in [0.25, 0.3) is 0 Å². The van der Waals surface area contributed by atoms with E-state index >= 15 is 0 Å². The maximum atomic E-state index is 11.7. The van der Waals surface area contributed by atoms with Gasteiger partial charge < -0.3 is 8.84 Å². The van der Waals surface area contributed by atoms with Crippen LogP contribution in [0.1, 0.15) is 11.1 Å². The molecule has 0 aliphatic carbocycles. The molecule has 0 amide bonds. The van der Waals surface area contributed by atoms with E-state index in [0.717, 1.165) is 5.39 Å². The largest absolute Gasteiger partial charge is 0.544 e. The lowest BCUT2D eigenvalue weighted by Gasteiger charge is -2.19. The first-order chi connectivity index (χ1) is 8.81. The van der Waals surface area contributed by atoms with Gasteiger partial charge in [-0.1, -0.05) is 0 Å². The molecule has 0 radical (unpaired) electrons. The standard InChI is InChI=1S/C14H15NO3Si/c1-9-11-6-5-10(18-19(2,3)4)7-13(11)17-14(16)12(9)8-15/h5-7H,1-4H3. The second-order valence-corrected chi connectivity index (χ2v) is 9.80. The van der Waals surface area contributed by atoms with Crippen molar-refractivity contribution in [2.45, 2.75) is 26.6 Å². The van der Waals surface area contributed by atoms with E-state index in [-0.39, 0.29) is 5.56 Å². The van der Waals surface area contributed by atoms with Gasteiger partial charge in [0.05, 0.1) is 0 Å². The molecule has 0 saturated heterocycles. The number of benzene rings is 1. The molecule has 0 aliphatic rings. The second kappa shape index (κ2) is 4.56. The summed E-state index contributed by atoms with van der Waals surface area (Å²) in [7, 11) is -1.70. The lowest BCUT2D eigenvalue weighted by Crippen LogP contribution is -2.29. The molecule has 1 heterocycles. The summed E-state index contributed by atoms with van der Waals surface area (Å²) in [6.07, 6.45) is 0. The predicted molar refractivity (Wildman–Crippen MR) is 75.9 cm³/mol. The van der Waals surface area contributed by atoms with E-state index in [2.05, 4.69) is 19.6 Å². The van der Waals surface area contributed by atoms with Crippen LogP contribution < -0.4 is 10.1 Å². The maximum absolute atomic E-state index is 11.7. The summed E-state index contributed by atoms with van der Waals surface area (Å²) >= 11 is 0. The molecule has 4 nitrogen and oxygen atoms in total. The van der Waals surface area contributed by atoms with E-state index in [4.69, 9.17) is 14.1 Å². The molecule has 0 N–H and O–H groups in total. The number of nitriles is 1. The Morgan fingerprint density at radius 3 is 2.58 bits per heavy atom. The Morgan fingerprint density at radius 1 is 1.32 bits per heavy atom. The third-order valence-electron chi connectivity index (χ3n) is 2.67. The van der Waals surface area contributed by atoms with Gasteiger partial charge in [-0.25, -0.2) is 4.79 Å². The van der Waals surface area contributed by atoms with Gasteiger partial charge in [-0.2, -0.15) is 5.26 Å². The number of hydrogen-bond donors (Lipinski definition) is 0. The van der Waals surface area contributed by atoms with Crippen LogP contribution in [-0.2, 0) is 0 Å². The van der Waals surface area contributed by atoms with E-state index in [0.29, 0.717) is 16.9 Å². The lowest BCUT2D eigenvalue weighted by atomic mass is 10.1. The summed E-state index contributed by atoms with van der Waals surface area (Å²) < 4.78 is 11.0. The molecule has 0 atom stereocenters. The minimum atomic E-state index is -1.70. The Bertz CT molecular complexity index is 735. The third-order valence-corrected chi connectivity index (χ3v) is 3.52. The van der Waals surface area contributed by atoms with Crippen molar-refractivity contribution in [3.05, 3.63) is 39.7 Å². The Balaban J connectivity index is 2.63. The SMILES string of the molecule is Cc1c(C#N)c(=O)oc2cc(O[Si](C)(C)C)ccc12. The zero-order chi connectivity index (χ0) is 14.2. The monoisotopic (exact) mass is 273 g/mol. The molecular formula is C14H15NO3Si. The van der Waals surface area contributed by atoms with Gasteiger partial charge in [-0.3, -0.25) is 0 Å². The molecule has 1 aromatic heterocycles. The summed E-state index contributed by atoms with van der Waals surface area (Å²) in [6, 6.07) is 7.25. The molecule has 2 rings (SSSR count). The van der Waals surface area contributed by atoms with Crippen molar-refractivity contribution in [1.82, 2.24) is 0 Å². The van der Waals surface area contributed by atoms with Crippen LogP contribution >= 0.6 is 0 Å². The van der Waals surface area contributed by atoms with Gasteiger partial charge >= 0.3 is 5.63 Å². The average Bonchev–Trinajstić information content (AvgIpc) is 2.26. The lowest BCUT2D eigenvalue weighted by molar-refractivity contribution is 0.541. The molecule has 98 valence electrons. The molecule has 0 aliphatic heterocycles. The molecule has 0 fully saturated rings. The quantitative estimate of drug-likeness (QED) is 0.622. The Kier molecular flexibility index (Phi) is 3.21. The fraction of sp³-hybridized carbons (Fsp3) is 0.286. The van der Waals surface area contributed by atoms with Crippen molar-refractivity contribution < 1.29 is 8.84 Å². The number of aryl methyl sites for hydroxylation is 1. The summed E-state index contributed by atoms with van der Waals surface area (Å²) in [5, 5.41) is 9.70. The van der Waals surface area contributed by atoms with E-state index < -0.39 is 13.9 Å². The normalized spacial score (nSPS) is 11.3. The molecular weight excluding hydrogens is 258 g/mol. The van der Waals surface area contributed by atoms with Crippen LogP contribution in [0, 0.1) is 18.3 Å². The Morgan fingerprint density at radius 2 is 2.00 bits per heavy atom. The first kappa shape index (κ1) is 13.4. The summed E-state index contributed by atoms with van der Waals surface area (Å²) in [6.45, 7) is 7.99. The van der Waals surface area contributed by atoms with Crippen LogP contribution in [0.3, 0.4) is 0 Å². The van der Waals surface area contributed by atoms with E-state index in [1.807, 2.05) is 18.2 Å².